The lowest BCUT2D eigenvalue weighted by molar-refractivity contribution is 0.0992. The van der Waals surface area contributed by atoms with Gasteiger partial charge in [-0.25, -0.2) is 0 Å². The predicted molar refractivity (Wildman–Crippen MR) is 91.0 cm³/mol. The third-order valence-electron chi connectivity index (χ3n) is 3.68. The van der Waals surface area contributed by atoms with Crippen LogP contribution in [-0.2, 0) is 0 Å². The number of thiocarbonyl (C=S) groups is 1. The number of nitrogens with two attached hydrogens (primary N) is 1. The molecule has 2 rings (SSSR count). The predicted octanol–water partition coefficient (Wildman–Crippen LogP) is 3.21. The van der Waals surface area contributed by atoms with Gasteiger partial charge in [0.15, 0.2) is 0 Å². The minimum absolute atomic E-state index is 0.0284. The van der Waals surface area contributed by atoms with E-state index >= 15 is 0 Å². The molecular weight excluding hydrogens is 280 g/mol. The van der Waals surface area contributed by atoms with Crippen molar-refractivity contribution >= 4 is 28.8 Å². The lowest BCUT2D eigenvalue weighted by Crippen LogP contribution is -2.27. The number of carbonyl (C=O) groups excluding carboxylic acids is 1. The molecule has 108 valence electrons. The Bertz CT molecular complexity index is 692. The molecule has 0 radical (unpaired) electrons. The maximum Gasteiger partial charge on any atom is 0.258 e. The topological polar surface area (TPSA) is 46.3 Å². The second-order valence-corrected chi connectivity index (χ2v) is 5.46. The summed E-state index contributed by atoms with van der Waals surface area (Å²) in [7, 11) is 1.76. The Morgan fingerprint density at radius 3 is 2.29 bits per heavy atom. The third kappa shape index (κ3) is 3.11. The molecular formula is C17H18N2OS. The molecule has 2 aromatic rings. The van der Waals surface area contributed by atoms with E-state index in [4.69, 9.17) is 18.0 Å². The maximum absolute atomic E-state index is 12.6. The minimum atomic E-state index is -0.0284. The third-order valence-corrected chi connectivity index (χ3v) is 3.91. The summed E-state index contributed by atoms with van der Waals surface area (Å²) in [5.74, 6) is -0.0284. The summed E-state index contributed by atoms with van der Waals surface area (Å²) in [5.41, 5.74) is 10.0. The second kappa shape index (κ2) is 6.06. The Labute approximate surface area is 130 Å². The van der Waals surface area contributed by atoms with Crippen LogP contribution in [0.15, 0.2) is 42.5 Å². The Balaban J connectivity index is 2.30. The van der Waals surface area contributed by atoms with Gasteiger partial charge in [-0.2, -0.15) is 0 Å². The number of benzene rings is 2. The van der Waals surface area contributed by atoms with Crippen LogP contribution in [0.25, 0.3) is 0 Å². The summed E-state index contributed by atoms with van der Waals surface area (Å²) < 4.78 is 0. The van der Waals surface area contributed by atoms with Gasteiger partial charge in [-0.1, -0.05) is 24.4 Å². The fourth-order valence-corrected chi connectivity index (χ4v) is 2.27. The van der Waals surface area contributed by atoms with E-state index in [0.717, 1.165) is 27.9 Å². The zero-order valence-corrected chi connectivity index (χ0v) is 13.2. The summed E-state index contributed by atoms with van der Waals surface area (Å²) >= 11 is 4.93. The molecule has 2 N–H and O–H groups in total. The molecule has 0 aliphatic heterocycles. The van der Waals surface area contributed by atoms with Crippen molar-refractivity contribution < 1.29 is 4.79 Å². The lowest BCUT2D eigenvalue weighted by atomic mass is 10.0. The van der Waals surface area contributed by atoms with Gasteiger partial charge < -0.3 is 10.6 Å². The number of carbonyl (C=O) groups is 1. The first-order chi connectivity index (χ1) is 9.91. The van der Waals surface area contributed by atoms with Crippen molar-refractivity contribution in [2.45, 2.75) is 13.8 Å². The summed E-state index contributed by atoms with van der Waals surface area (Å²) in [6.45, 7) is 3.97. The van der Waals surface area contributed by atoms with E-state index < -0.39 is 0 Å². The molecule has 0 aliphatic carbocycles. The van der Waals surface area contributed by atoms with Crippen LogP contribution in [0, 0.1) is 13.8 Å². The van der Waals surface area contributed by atoms with Crippen molar-refractivity contribution in [2.75, 3.05) is 11.9 Å². The normalized spacial score (nSPS) is 10.2. The van der Waals surface area contributed by atoms with E-state index in [1.807, 2.05) is 56.3 Å². The van der Waals surface area contributed by atoms with Gasteiger partial charge in [0.05, 0.1) is 0 Å². The number of aryl methyl sites for hydroxylation is 1. The molecule has 3 nitrogen and oxygen atoms in total. The number of nitrogens with zero attached hydrogens (tertiary/aromatic N) is 1. The molecule has 2 aromatic carbocycles. The van der Waals surface area contributed by atoms with E-state index in [0.29, 0.717) is 4.99 Å². The molecule has 0 atom stereocenters. The SMILES string of the molecule is Cc1cccc(C(=O)N(C)c2ccc(C(N)=S)cc2)c1C. The largest absolute Gasteiger partial charge is 0.389 e. The van der Waals surface area contributed by atoms with E-state index in [1.54, 1.807) is 11.9 Å². The van der Waals surface area contributed by atoms with Gasteiger partial charge >= 0.3 is 0 Å². The van der Waals surface area contributed by atoms with E-state index in [1.165, 1.54) is 0 Å². The number of amides is 1. The van der Waals surface area contributed by atoms with Crippen molar-refractivity contribution in [3.05, 3.63) is 64.7 Å². The van der Waals surface area contributed by atoms with Crippen molar-refractivity contribution in [1.29, 1.82) is 0 Å². The monoisotopic (exact) mass is 298 g/mol. The smallest absolute Gasteiger partial charge is 0.258 e. The van der Waals surface area contributed by atoms with Gasteiger partial charge in [0.2, 0.25) is 0 Å². The van der Waals surface area contributed by atoms with Crippen molar-refractivity contribution in [3.63, 3.8) is 0 Å². The fourth-order valence-electron chi connectivity index (χ4n) is 2.13. The minimum Gasteiger partial charge on any atom is -0.389 e. The Hall–Kier alpha value is -2.20. The van der Waals surface area contributed by atoms with Crippen LogP contribution in [0.5, 0.6) is 0 Å². The summed E-state index contributed by atoms with van der Waals surface area (Å²) in [4.78, 5) is 14.6. The molecule has 0 aliphatic rings. The Morgan fingerprint density at radius 2 is 1.71 bits per heavy atom. The first-order valence-electron chi connectivity index (χ1n) is 6.66. The van der Waals surface area contributed by atoms with Crippen LogP contribution in [0.1, 0.15) is 27.0 Å². The lowest BCUT2D eigenvalue weighted by Gasteiger charge is -2.19. The summed E-state index contributed by atoms with van der Waals surface area (Å²) in [5, 5.41) is 0. The molecule has 0 saturated heterocycles. The first-order valence-corrected chi connectivity index (χ1v) is 7.06. The Kier molecular flexibility index (Phi) is 4.38. The van der Waals surface area contributed by atoms with Gasteiger partial charge in [0.25, 0.3) is 5.91 Å². The number of hydrogen-bond acceptors (Lipinski definition) is 2. The van der Waals surface area contributed by atoms with Gasteiger partial charge in [0, 0.05) is 23.9 Å². The van der Waals surface area contributed by atoms with Crippen LogP contribution >= 0.6 is 12.2 Å². The van der Waals surface area contributed by atoms with Crippen LogP contribution in [-0.4, -0.2) is 17.9 Å². The van der Waals surface area contributed by atoms with E-state index in [9.17, 15) is 4.79 Å². The van der Waals surface area contributed by atoms with Gasteiger partial charge in [-0.15, -0.1) is 0 Å². The molecule has 0 spiro atoms. The fraction of sp³-hybridized carbons (Fsp3) is 0.176. The van der Waals surface area contributed by atoms with Crippen molar-refractivity contribution in [3.8, 4) is 0 Å². The number of anilines is 1. The summed E-state index contributed by atoms with van der Waals surface area (Å²) in [6.07, 6.45) is 0. The molecule has 0 aromatic heterocycles. The second-order valence-electron chi connectivity index (χ2n) is 5.02. The highest BCUT2D eigenvalue weighted by Gasteiger charge is 2.16. The molecule has 0 unspecified atom stereocenters. The van der Waals surface area contributed by atoms with Crippen LogP contribution in [0.2, 0.25) is 0 Å². The summed E-state index contributed by atoms with van der Waals surface area (Å²) in [6, 6.07) is 13.1. The average molecular weight is 298 g/mol. The quantitative estimate of drug-likeness (QED) is 0.885. The highest BCUT2D eigenvalue weighted by molar-refractivity contribution is 7.80. The highest BCUT2D eigenvalue weighted by Crippen LogP contribution is 2.19. The van der Waals surface area contributed by atoms with E-state index in [-0.39, 0.29) is 5.91 Å². The van der Waals surface area contributed by atoms with Crippen LogP contribution in [0.3, 0.4) is 0 Å². The molecule has 0 heterocycles. The molecule has 4 heteroatoms. The molecule has 21 heavy (non-hydrogen) atoms. The Morgan fingerprint density at radius 1 is 1.10 bits per heavy atom. The average Bonchev–Trinajstić information content (AvgIpc) is 2.48. The van der Waals surface area contributed by atoms with Crippen LogP contribution < -0.4 is 10.6 Å². The molecule has 0 bridgehead atoms. The molecule has 1 amide bonds. The van der Waals surface area contributed by atoms with E-state index in [2.05, 4.69) is 0 Å². The number of hydrogen-bond donors (Lipinski definition) is 1. The highest BCUT2D eigenvalue weighted by atomic mass is 32.1. The van der Waals surface area contributed by atoms with Crippen LogP contribution in [0.4, 0.5) is 5.69 Å². The van der Waals surface area contributed by atoms with Crippen molar-refractivity contribution in [1.82, 2.24) is 0 Å². The molecule has 0 fully saturated rings. The zero-order valence-electron chi connectivity index (χ0n) is 12.4. The van der Waals surface area contributed by atoms with Gasteiger partial charge in [-0.3, -0.25) is 4.79 Å². The first kappa shape index (κ1) is 15.2. The van der Waals surface area contributed by atoms with Gasteiger partial charge in [-0.05, 0) is 55.3 Å². The van der Waals surface area contributed by atoms with Gasteiger partial charge in [0.1, 0.15) is 4.99 Å². The standard InChI is InChI=1S/C17H18N2OS/c1-11-5-4-6-15(12(11)2)17(20)19(3)14-9-7-13(8-10-14)16(18)21/h4-10H,1-3H3,(H2,18,21). The number of rotatable bonds is 3. The van der Waals surface area contributed by atoms with Crippen molar-refractivity contribution in [2.24, 2.45) is 5.73 Å². The zero-order chi connectivity index (χ0) is 15.6. The maximum atomic E-state index is 12.6. The molecule has 0 saturated carbocycles.